The molecule has 3 rings (SSSR count). The first-order valence-corrected chi connectivity index (χ1v) is 16.8. The molecule has 21 nitrogen and oxygen atoms in total. The van der Waals surface area contributed by atoms with E-state index in [1.807, 2.05) is 0 Å². The van der Waals surface area contributed by atoms with Gasteiger partial charge in [0.25, 0.3) is 0 Å². The second-order valence-corrected chi connectivity index (χ2v) is 12.2. The van der Waals surface area contributed by atoms with Crippen molar-refractivity contribution in [2.75, 3.05) is 13.2 Å². The standard InChI is InChI=1S/C35H42O21/c1-15(37)45-13-26-28(47-17(3)39)30(49-19(5)41)32(51-21(7)43)34(55-26)53-24-10-9-23(12-36)11-25(24)54-35-33(52-22(8)44)31(50-20(6)42)29(48-18(4)40)27(56-35)14-46-16(2)38/h9-12,26-35H,13-14H2,1-8H3/t26-,27+,28-,29+,30+,31+,32-,33-,34-,35+/m0/s1. The van der Waals surface area contributed by atoms with Gasteiger partial charge in [0, 0.05) is 61.0 Å². The van der Waals surface area contributed by atoms with Crippen molar-refractivity contribution in [2.45, 2.75) is 117 Å². The minimum absolute atomic E-state index is 0.0143. The predicted octanol–water partition coefficient (Wildman–Crippen LogP) is 0.423. The number of hydrogen-bond acceptors (Lipinski definition) is 21. The number of carbonyl (C=O) groups is 9. The van der Waals surface area contributed by atoms with E-state index in [0.717, 1.165) is 61.5 Å². The van der Waals surface area contributed by atoms with Crippen molar-refractivity contribution in [3.8, 4) is 11.5 Å². The first kappa shape index (κ1) is 44.6. The van der Waals surface area contributed by atoms with Gasteiger partial charge < -0.3 is 56.8 Å². The lowest BCUT2D eigenvalue weighted by atomic mass is 9.98. The topological polar surface area (TPSA) is 264 Å². The van der Waals surface area contributed by atoms with Crippen molar-refractivity contribution in [3.63, 3.8) is 0 Å². The molecule has 1 aromatic carbocycles. The minimum atomic E-state index is -1.80. The van der Waals surface area contributed by atoms with Crippen LogP contribution in [0.1, 0.15) is 65.7 Å². The molecule has 10 atom stereocenters. The predicted molar refractivity (Wildman–Crippen MR) is 177 cm³/mol. The van der Waals surface area contributed by atoms with E-state index >= 15 is 0 Å². The van der Waals surface area contributed by atoms with Crippen molar-refractivity contribution < 1.29 is 100.0 Å². The molecule has 0 bridgehead atoms. The van der Waals surface area contributed by atoms with E-state index in [1.165, 1.54) is 12.1 Å². The molecule has 56 heavy (non-hydrogen) atoms. The second-order valence-electron chi connectivity index (χ2n) is 12.2. The molecule has 0 amide bonds. The van der Waals surface area contributed by atoms with Gasteiger partial charge in [0.15, 0.2) is 35.9 Å². The molecule has 0 aromatic heterocycles. The van der Waals surface area contributed by atoms with Crippen LogP contribution in [0, 0.1) is 0 Å². The third-order valence-electron chi connectivity index (χ3n) is 7.49. The zero-order valence-corrected chi connectivity index (χ0v) is 31.6. The van der Waals surface area contributed by atoms with E-state index in [9.17, 15) is 43.2 Å². The lowest BCUT2D eigenvalue weighted by molar-refractivity contribution is -0.292. The summed E-state index contributed by atoms with van der Waals surface area (Å²) < 4.78 is 67.0. The van der Waals surface area contributed by atoms with Crippen LogP contribution in [0.5, 0.6) is 11.5 Å². The molecule has 2 aliphatic rings. The fourth-order valence-electron chi connectivity index (χ4n) is 5.60. The summed E-state index contributed by atoms with van der Waals surface area (Å²) in [5.74, 6) is -7.59. The zero-order valence-electron chi connectivity index (χ0n) is 31.6. The average Bonchev–Trinajstić information content (AvgIpc) is 3.07. The van der Waals surface area contributed by atoms with Crippen LogP contribution in [0.15, 0.2) is 18.2 Å². The number of esters is 8. The third kappa shape index (κ3) is 12.9. The number of aldehydes is 1. The molecule has 0 spiro atoms. The molecule has 2 aliphatic heterocycles. The van der Waals surface area contributed by atoms with E-state index in [2.05, 4.69) is 0 Å². The average molecular weight is 799 g/mol. The number of ether oxygens (including phenoxy) is 12. The molecule has 21 heteroatoms. The first-order valence-electron chi connectivity index (χ1n) is 16.8. The molecule has 1 aromatic rings. The highest BCUT2D eigenvalue weighted by Crippen LogP contribution is 2.38. The van der Waals surface area contributed by atoms with Crippen LogP contribution >= 0.6 is 0 Å². The smallest absolute Gasteiger partial charge is 0.303 e. The quantitative estimate of drug-likeness (QED) is 0.132. The maximum absolute atomic E-state index is 12.4. The summed E-state index contributed by atoms with van der Waals surface area (Å²) in [7, 11) is 0. The van der Waals surface area contributed by atoms with Crippen molar-refractivity contribution in [1.82, 2.24) is 0 Å². The molecular weight excluding hydrogens is 756 g/mol. The van der Waals surface area contributed by atoms with Gasteiger partial charge in [-0.3, -0.25) is 43.2 Å². The Morgan fingerprint density at radius 1 is 0.482 bits per heavy atom. The van der Waals surface area contributed by atoms with Crippen molar-refractivity contribution in [1.29, 1.82) is 0 Å². The molecule has 2 fully saturated rings. The van der Waals surface area contributed by atoms with Crippen molar-refractivity contribution >= 4 is 54.0 Å². The summed E-state index contributed by atoms with van der Waals surface area (Å²) >= 11 is 0. The van der Waals surface area contributed by atoms with E-state index in [0.29, 0.717) is 6.29 Å². The van der Waals surface area contributed by atoms with E-state index in [-0.39, 0.29) is 17.1 Å². The lowest BCUT2D eigenvalue weighted by Crippen LogP contribution is -2.64. The number of rotatable bonds is 15. The second kappa shape index (κ2) is 20.2. The summed E-state index contributed by atoms with van der Waals surface area (Å²) in [5, 5.41) is 0. The van der Waals surface area contributed by atoms with Crippen LogP contribution in [0.3, 0.4) is 0 Å². The van der Waals surface area contributed by atoms with Gasteiger partial charge in [0.05, 0.1) is 0 Å². The van der Waals surface area contributed by atoms with E-state index in [4.69, 9.17) is 56.8 Å². The monoisotopic (exact) mass is 798 g/mol. The molecular formula is C35H42O21. The van der Waals surface area contributed by atoms with Crippen LogP contribution in [0.2, 0.25) is 0 Å². The van der Waals surface area contributed by atoms with Crippen molar-refractivity contribution in [3.05, 3.63) is 23.8 Å². The highest BCUT2D eigenvalue weighted by Gasteiger charge is 2.55. The number of benzene rings is 1. The van der Waals surface area contributed by atoms with Gasteiger partial charge >= 0.3 is 47.8 Å². The van der Waals surface area contributed by atoms with Gasteiger partial charge in [-0.05, 0) is 18.2 Å². The molecule has 0 radical (unpaired) electrons. The lowest BCUT2D eigenvalue weighted by Gasteiger charge is -2.44. The van der Waals surface area contributed by atoms with Gasteiger partial charge in [-0.1, -0.05) is 0 Å². The Morgan fingerprint density at radius 2 is 0.821 bits per heavy atom. The maximum atomic E-state index is 12.4. The summed E-state index contributed by atoms with van der Waals surface area (Å²) in [6.07, 6.45) is -15.6. The minimum Gasteiger partial charge on any atom is -0.463 e. The van der Waals surface area contributed by atoms with Crippen LogP contribution in [-0.2, 0) is 85.7 Å². The van der Waals surface area contributed by atoms with Crippen LogP contribution < -0.4 is 9.47 Å². The highest BCUT2D eigenvalue weighted by atomic mass is 16.8. The van der Waals surface area contributed by atoms with Gasteiger partial charge in [0.1, 0.15) is 31.7 Å². The van der Waals surface area contributed by atoms with Crippen LogP contribution in [-0.4, -0.2) is 129 Å². The Bertz CT molecular complexity index is 1660. The number of carbonyl (C=O) groups excluding carboxylic acids is 9. The molecule has 0 N–H and O–H groups in total. The van der Waals surface area contributed by atoms with E-state index in [1.54, 1.807) is 0 Å². The summed E-state index contributed by atoms with van der Waals surface area (Å²) in [5.41, 5.74) is -0.0143. The molecule has 2 heterocycles. The first-order chi connectivity index (χ1) is 26.3. The molecule has 0 unspecified atom stereocenters. The van der Waals surface area contributed by atoms with Gasteiger partial charge in [-0.2, -0.15) is 0 Å². The van der Waals surface area contributed by atoms with E-state index < -0.39 is 122 Å². The molecule has 0 aliphatic carbocycles. The van der Waals surface area contributed by atoms with Crippen LogP contribution in [0.25, 0.3) is 0 Å². The Morgan fingerprint density at radius 3 is 1.16 bits per heavy atom. The summed E-state index contributed by atoms with van der Waals surface area (Å²) in [4.78, 5) is 109. The summed E-state index contributed by atoms with van der Waals surface area (Å²) in [6.45, 7) is 7.19. The molecule has 0 saturated carbocycles. The maximum Gasteiger partial charge on any atom is 0.303 e. The third-order valence-corrected chi connectivity index (χ3v) is 7.49. The van der Waals surface area contributed by atoms with Gasteiger partial charge in [-0.25, -0.2) is 0 Å². The van der Waals surface area contributed by atoms with Gasteiger partial charge in [-0.15, -0.1) is 0 Å². The van der Waals surface area contributed by atoms with Gasteiger partial charge in [0.2, 0.25) is 24.8 Å². The fourth-order valence-corrected chi connectivity index (χ4v) is 5.60. The molecule has 2 saturated heterocycles. The Balaban J connectivity index is 2.17. The fraction of sp³-hybridized carbons (Fsp3) is 0.571. The summed E-state index contributed by atoms with van der Waals surface area (Å²) in [6, 6.07) is 3.62. The van der Waals surface area contributed by atoms with Crippen LogP contribution in [0.4, 0.5) is 0 Å². The highest BCUT2D eigenvalue weighted by molar-refractivity contribution is 5.76. The largest absolute Gasteiger partial charge is 0.463 e. The van der Waals surface area contributed by atoms with Crippen molar-refractivity contribution in [2.24, 2.45) is 0 Å². The molecule has 308 valence electrons. The SMILES string of the molecule is CC(=O)OC[C@@H]1O[C@H](Oc2ccc(C=O)cc2O[C@@H]2O[C@H](COC(C)=O)[C@@H](OC(C)=O)[C@@H](OC(C)=O)[C@@H]2OC(C)=O)[C@@H](OC(C)=O)[C@H](OC(C)=O)[C@H]1OC(C)=O. The Hall–Kier alpha value is -5.83. The Kier molecular flexibility index (Phi) is 16.1. The normalized spacial score (nSPS) is 26.9. The number of hydrogen-bond donors (Lipinski definition) is 0. The zero-order chi connectivity index (χ0) is 41.9. The Labute approximate surface area is 319 Å².